The van der Waals surface area contributed by atoms with Gasteiger partial charge in [-0.3, -0.25) is 4.79 Å². The Morgan fingerprint density at radius 2 is 2.18 bits per heavy atom. The number of aliphatic carboxylic acids is 1. The van der Waals surface area contributed by atoms with Crippen molar-refractivity contribution in [3.8, 4) is 0 Å². The maximum atomic E-state index is 12.1. The number of hydrogen-bond acceptors (Lipinski definition) is 3. The van der Waals surface area contributed by atoms with E-state index in [2.05, 4.69) is 5.32 Å². The summed E-state index contributed by atoms with van der Waals surface area (Å²) in [7, 11) is 0. The predicted octanol–water partition coefficient (Wildman–Crippen LogP) is 1.89. The molecule has 5 heteroatoms. The van der Waals surface area contributed by atoms with Crippen LogP contribution in [0.4, 0.5) is 0 Å². The van der Waals surface area contributed by atoms with Crippen molar-refractivity contribution in [2.24, 2.45) is 5.92 Å². The number of rotatable bonds is 5. The van der Waals surface area contributed by atoms with E-state index in [1.807, 2.05) is 20.8 Å². The Labute approximate surface area is 107 Å². The van der Waals surface area contributed by atoms with E-state index in [1.54, 1.807) is 11.8 Å². The summed E-state index contributed by atoms with van der Waals surface area (Å²) in [5.41, 5.74) is 0. The van der Waals surface area contributed by atoms with Crippen LogP contribution in [0, 0.1) is 5.92 Å². The van der Waals surface area contributed by atoms with Gasteiger partial charge in [0.15, 0.2) is 0 Å². The van der Waals surface area contributed by atoms with Crippen LogP contribution in [-0.4, -0.2) is 33.5 Å². The molecule has 4 nitrogen and oxygen atoms in total. The number of carbonyl (C=O) groups excluding carboxylic acids is 1. The fourth-order valence-electron chi connectivity index (χ4n) is 1.94. The summed E-state index contributed by atoms with van der Waals surface area (Å²) in [6.07, 6.45) is 2.59. The number of nitrogens with one attached hydrogen (secondary N) is 1. The molecule has 0 spiro atoms. The largest absolute Gasteiger partial charge is 0.480 e. The Balaban J connectivity index is 2.67. The first kappa shape index (κ1) is 14.4. The molecule has 0 aromatic carbocycles. The minimum atomic E-state index is -0.945. The lowest BCUT2D eigenvalue weighted by atomic mass is 9.97. The molecule has 1 rings (SSSR count). The molecule has 2 N–H and O–H groups in total. The summed E-state index contributed by atoms with van der Waals surface area (Å²) >= 11 is 1.62. The van der Waals surface area contributed by atoms with E-state index in [4.69, 9.17) is 5.11 Å². The van der Waals surface area contributed by atoms with Crippen molar-refractivity contribution in [1.82, 2.24) is 5.32 Å². The zero-order valence-corrected chi connectivity index (χ0v) is 11.5. The molecule has 1 aliphatic heterocycles. The molecule has 0 saturated carbocycles. The van der Waals surface area contributed by atoms with Crippen molar-refractivity contribution < 1.29 is 14.7 Å². The predicted molar refractivity (Wildman–Crippen MR) is 69.1 cm³/mol. The van der Waals surface area contributed by atoms with Crippen molar-refractivity contribution in [1.29, 1.82) is 0 Å². The number of thioether (sulfide) groups is 1. The van der Waals surface area contributed by atoms with Crippen molar-refractivity contribution in [2.45, 2.75) is 50.8 Å². The van der Waals surface area contributed by atoms with E-state index < -0.39 is 16.8 Å². The molecule has 1 heterocycles. The Kier molecular flexibility index (Phi) is 4.86. The summed E-state index contributed by atoms with van der Waals surface area (Å²) < 4.78 is -0.443. The molecule has 0 aromatic heterocycles. The SMILES string of the molecule is CCC(C)C(NC(=O)C1(C)CCCS1)C(=O)O. The lowest BCUT2D eigenvalue weighted by Crippen LogP contribution is -2.51. The van der Waals surface area contributed by atoms with Crippen LogP contribution in [0.25, 0.3) is 0 Å². The van der Waals surface area contributed by atoms with Gasteiger partial charge in [0.1, 0.15) is 6.04 Å². The fraction of sp³-hybridized carbons (Fsp3) is 0.833. The van der Waals surface area contributed by atoms with Crippen LogP contribution < -0.4 is 5.32 Å². The highest BCUT2D eigenvalue weighted by molar-refractivity contribution is 8.01. The van der Waals surface area contributed by atoms with Crippen molar-refractivity contribution in [2.75, 3.05) is 5.75 Å². The van der Waals surface area contributed by atoms with Gasteiger partial charge in [0.05, 0.1) is 4.75 Å². The molecule has 3 unspecified atom stereocenters. The summed E-state index contributed by atoms with van der Waals surface area (Å²) in [5, 5.41) is 11.8. The average molecular weight is 259 g/mol. The van der Waals surface area contributed by atoms with Gasteiger partial charge in [-0.1, -0.05) is 20.3 Å². The molecule has 1 fully saturated rings. The maximum Gasteiger partial charge on any atom is 0.326 e. The Bertz CT molecular complexity index is 300. The molecular weight excluding hydrogens is 238 g/mol. The molecule has 98 valence electrons. The lowest BCUT2D eigenvalue weighted by Gasteiger charge is -2.26. The monoisotopic (exact) mass is 259 g/mol. The van der Waals surface area contributed by atoms with E-state index in [-0.39, 0.29) is 11.8 Å². The van der Waals surface area contributed by atoms with Crippen LogP contribution in [0.5, 0.6) is 0 Å². The third kappa shape index (κ3) is 3.37. The van der Waals surface area contributed by atoms with Gasteiger partial charge in [0, 0.05) is 0 Å². The Morgan fingerprint density at radius 3 is 2.59 bits per heavy atom. The molecule has 1 aliphatic rings. The molecule has 0 aliphatic carbocycles. The van der Waals surface area contributed by atoms with Crippen LogP contribution in [-0.2, 0) is 9.59 Å². The highest BCUT2D eigenvalue weighted by Crippen LogP contribution is 2.38. The van der Waals surface area contributed by atoms with Crippen molar-refractivity contribution in [3.05, 3.63) is 0 Å². The molecule has 17 heavy (non-hydrogen) atoms. The highest BCUT2D eigenvalue weighted by atomic mass is 32.2. The van der Waals surface area contributed by atoms with E-state index in [0.717, 1.165) is 25.0 Å². The van der Waals surface area contributed by atoms with Crippen LogP contribution in [0.2, 0.25) is 0 Å². The van der Waals surface area contributed by atoms with Gasteiger partial charge in [-0.05, 0) is 31.4 Å². The Hall–Kier alpha value is -0.710. The number of amides is 1. The summed E-state index contributed by atoms with van der Waals surface area (Å²) in [6, 6.07) is -0.773. The van der Waals surface area contributed by atoms with Crippen LogP contribution in [0.3, 0.4) is 0 Å². The third-order valence-electron chi connectivity index (χ3n) is 3.46. The van der Waals surface area contributed by atoms with Gasteiger partial charge in [-0.25, -0.2) is 4.79 Å². The Morgan fingerprint density at radius 1 is 1.53 bits per heavy atom. The first-order valence-electron chi connectivity index (χ1n) is 6.08. The van der Waals surface area contributed by atoms with E-state index in [0.29, 0.717) is 0 Å². The maximum absolute atomic E-state index is 12.1. The second-order valence-corrected chi connectivity index (χ2v) is 6.46. The van der Waals surface area contributed by atoms with Gasteiger partial charge in [-0.2, -0.15) is 0 Å². The first-order chi connectivity index (χ1) is 7.90. The third-order valence-corrected chi connectivity index (χ3v) is 4.98. The molecule has 1 saturated heterocycles. The van der Waals surface area contributed by atoms with Gasteiger partial charge in [0.25, 0.3) is 0 Å². The summed E-state index contributed by atoms with van der Waals surface area (Å²) in [6.45, 7) is 5.68. The van der Waals surface area contributed by atoms with Gasteiger partial charge >= 0.3 is 5.97 Å². The first-order valence-corrected chi connectivity index (χ1v) is 7.07. The standard InChI is InChI=1S/C12H21NO3S/c1-4-8(2)9(10(14)15)13-11(16)12(3)6-5-7-17-12/h8-9H,4-7H2,1-3H3,(H,13,16)(H,14,15). The smallest absolute Gasteiger partial charge is 0.326 e. The fourth-order valence-corrected chi connectivity index (χ4v) is 3.15. The van der Waals surface area contributed by atoms with Gasteiger partial charge in [0.2, 0.25) is 5.91 Å². The van der Waals surface area contributed by atoms with Crippen LogP contribution in [0.1, 0.15) is 40.0 Å². The average Bonchev–Trinajstić information content (AvgIpc) is 2.72. The second-order valence-electron chi connectivity index (χ2n) is 4.86. The van der Waals surface area contributed by atoms with E-state index in [9.17, 15) is 9.59 Å². The normalized spacial score (nSPS) is 27.5. The van der Waals surface area contributed by atoms with Crippen molar-refractivity contribution >= 4 is 23.6 Å². The molecular formula is C12H21NO3S. The quantitative estimate of drug-likeness (QED) is 0.791. The topological polar surface area (TPSA) is 66.4 Å². The number of carbonyl (C=O) groups is 2. The molecule has 0 radical (unpaired) electrons. The number of carboxylic acids is 1. The minimum Gasteiger partial charge on any atom is -0.480 e. The van der Waals surface area contributed by atoms with Gasteiger partial charge < -0.3 is 10.4 Å². The van der Waals surface area contributed by atoms with Gasteiger partial charge in [-0.15, -0.1) is 11.8 Å². The van der Waals surface area contributed by atoms with Crippen LogP contribution in [0.15, 0.2) is 0 Å². The molecule has 1 amide bonds. The van der Waals surface area contributed by atoms with E-state index >= 15 is 0 Å². The summed E-state index contributed by atoms with van der Waals surface area (Å²) in [5.74, 6) is -0.149. The van der Waals surface area contributed by atoms with E-state index in [1.165, 1.54) is 0 Å². The minimum absolute atomic E-state index is 0.0496. The number of hydrogen-bond donors (Lipinski definition) is 2. The highest BCUT2D eigenvalue weighted by Gasteiger charge is 2.39. The lowest BCUT2D eigenvalue weighted by molar-refractivity contribution is -0.143. The zero-order chi connectivity index (χ0) is 13.1. The van der Waals surface area contributed by atoms with Crippen molar-refractivity contribution in [3.63, 3.8) is 0 Å². The number of carboxylic acid groups (broad SMARTS) is 1. The molecule has 0 aromatic rings. The van der Waals surface area contributed by atoms with Crippen LogP contribution >= 0.6 is 11.8 Å². The zero-order valence-electron chi connectivity index (χ0n) is 10.7. The molecule has 0 bridgehead atoms. The second kappa shape index (κ2) is 5.76. The summed E-state index contributed by atoms with van der Waals surface area (Å²) in [4.78, 5) is 23.2. The molecule has 3 atom stereocenters.